The number of rotatable bonds is 42. The molecule has 446 valence electrons. The van der Waals surface area contributed by atoms with Gasteiger partial charge in [0.05, 0.1) is 4.50 Å². The first-order chi connectivity index (χ1) is 40.3. The molecule has 0 aliphatic heterocycles. The second-order valence-electron chi connectivity index (χ2n) is 22.3. The Kier molecular flexibility index (Phi) is 28.4. The van der Waals surface area contributed by atoms with Crippen LogP contribution in [0.5, 0.6) is 0 Å². The third-order valence-electron chi connectivity index (χ3n) is 15.7. The normalized spacial score (nSPS) is 12.0. The summed E-state index contributed by atoms with van der Waals surface area (Å²) in [5.41, 5.74) is 6.04. The molecule has 0 saturated heterocycles. The Morgan fingerprint density at radius 2 is 0.585 bits per heavy atom. The molecule has 0 radical (unpaired) electrons. The second-order valence-corrected chi connectivity index (χ2v) is 33.5. The van der Waals surface area contributed by atoms with E-state index in [9.17, 15) is 0 Å². The summed E-state index contributed by atoms with van der Waals surface area (Å²) >= 11 is 15.8. The first-order valence-electron chi connectivity index (χ1n) is 32.1. The molecule has 0 aliphatic rings. The molecule has 0 bridgehead atoms. The Hall–Kier alpha value is -2.30. The molecule has 0 saturated carbocycles. The standard InChI is InChI=1S/C70H96O3S8Si/c1-8-15-19-23-27-31-35-52-47-48-74-67(52)60-43-39-56(75-60)57-40-44-61(76-57)68-53(36-32-28-24-20-16-9-2)49-64(79-68)65-50-54(37-33-29-25-21-17-10-3)69(80-65)62-45-41-58(77-62)59-42-46-63(78-59)70-55(38-34-30-26-22-18-11-4)51-66(81-70)82(71-12-5,72-13-6)73-14-7/h39-51H,8-38H2,1-7H3. The van der Waals surface area contributed by atoms with Crippen molar-refractivity contribution in [1.82, 2.24) is 0 Å². The van der Waals surface area contributed by atoms with Gasteiger partial charge in [-0.15, -0.1) is 90.7 Å². The molecule has 0 aliphatic carbocycles. The highest BCUT2D eigenvalue weighted by Crippen LogP contribution is 2.51. The fourth-order valence-corrected chi connectivity index (χ4v) is 24.0. The molecular weight excluding hydrogens is 1170 g/mol. The van der Waals surface area contributed by atoms with Gasteiger partial charge in [0.25, 0.3) is 0 Å². The molecule has 0 fully saturated rings. The van der Waals surface area contributed by atoms with E-state index in [-0.39, 0.29) is 0 Å². The summed E-state index contributed by atoms with van der Waals surface area (Å²) in [5, 5.41) is 2.31. The molecule has 0 atom stereocenters. The molecule has 8 aromatic rings. The minimum atomic E-state index is -3.05. The molecule has 8 aromatic heterocycles. The lowest BCUT2D eigenvalue weighted by Gasteiger charge is -2.27. The van der Waals surface area contributed by atoms with Crippen LogP contribution in [0, 0.1) is 0 Å². The van der Waals surface area contributed by atoms with Crippen LogP contribution in [0.4, 0.5) is 0 Å². The Balaban J connectivity index is 1.07. The van der Waals surface area contributed by atoms with Crippen molar-refractivity contribution in [2.75, 3.05) is 19.8 Å². The number of hydrogen-bond acceptors (Lipinski definition) is 11. The SMILES string of the molecule is CCCCCCCCc1ccsc1-c1ccc(-c2ccc(-c3sc(-c4cc(CCCCCCCC)c(-c5ccc(-c6ccc(-c7sc([Si](OCC)(OCC)OCC)cc7CCCCCCCC)s6)s5)s4)cc3CCCCCCCC)s2)s1. The third-order valence-corrected chi connectivity index (χ3v) is 29.5. The molecule has 8 heterocycles. The highest BCUT2D eigenvalue weighted by molar-refractivity contribution is 7.32. The third kappa shape index (κ3) is 18.4. The predicted molar refractivity (Wildman–Crippen MR) is 376 cm³/mol. The van der Waals surface area contributed by atoms with Crippen molar-refractivity contribution < 1.29 is 13.3 Å². The lowest BCUT2D eigenvalue weighted by atomic mass is 10.0. The Morgan fingerprint density at radius 3 is 0.951 bits per heavy atom. The Bertz CT molecular complexity index is 3020. The van der Waals surface area contributed by atoms with Gasteiger partial charge in [-0.05, 0) is 173 Å². The summed E-state index contributed by atoms with van der Waals surface area (Å²) in [6.07, 6.45) is 36.1. The summed E-state index contributed by atoms with van der Waals surface area (Å²) in [5.74, 6) is 0. The van der Waals surface area contributed by atoms with Crippen molar-refractivity contribution in [3.63, 3.8) is 0 Å². The van der Waals surface area contributed by atoms with Crippen LogP contribution in [0.25, 0.3) is 68.3 Å². The van der Waals surface area contributed by atoms with E-state index >= 15 is 0 Å². The van der Waals surface area contributed by atoms with Crippen LogP contribution in [0.15, 0.2) is 78.2 Å². The van der Waals surface area contributed by atoms with Gasteiger partial charge in [-0.2, -0.15) is 0 Å². The molecule has 3 nitrogen and oxygen atoms in total. The van der Waals surface area contributed by atoms with Crippen LogP contribution in [0.1, 0.15) is 225 Å². The van der Waals surface area contributed by atoms with Gasteiger partial charge in [-0.1, -0.05) is 156 Å². The Morgan fingerprint density at radius 1 is 0.280 bits per heavy atom. The maximum atomic E-state index is 6.49. The number of thiophene rings is 8. The highest BCUT2D eigenvalue weighted by atomic mass is 32.1. The van der Waals surface area contributed by atoms with E-state index in [1.165, 1.54) is 245 Å². The zero-order chi connectivity index (χ0) is 57.4. The zero-order valence-corrected chi connectivity index (χ0v) is 58.4. The number of hydrogen-bond donors (Lipinski definition) is 0. The molecule has 0 amide bonds. The maximum absolute atomic E-state index is 6.49. The van der Waals surface area contributed by atoms with E-state index in [4.69, 9.17) is 13.3 Å². The second kappa shape index (κ2) is 35.5. The molecule has 0 spiro atoms. The zero-order valence-electron chi connectivity index (χ0n) is 50.9. The summed E-state index contributed by atoms with van der Waals surface area (Å²) in [7, 11) is -3.05. The smallest absolute Gasteiger partial charge is 0.370 e. The van der Waals surface area contributed by atoms with E-state index in [1.807, 2.05) is 79.4 Å². The summed E-state index contributed by atoms with van der Waals surface area (Å²) < 4.78 is 20.6. The van der Waals surface area contributed by atoms with Crippen molar-refractivity contribution in [1.29, 1.82) is 0 Å². The van der Waals surface area contributed by atoms with E-state index in [0.29, 0.717) is 19.8 Å². The van der Waals surface area contributed by atoms with Gasteiger partial charge >= 0.3 is 8.80 Å². The van der Waals surface area contributed by atoms with Crippen LogP contribution < -0.4 is 4.50 Å². The van der Waals surface area contributed by atoms with Crippen LogP contribution in [-0.2, 0) is 39.0 Å². The van der Waals surface area contributed by atoms with Gasteiger partial charge < -0.3 is 13.3 Å². The van der Waals surface area contributed by atoms with Gasteiger partial charge in [0.15, 0.2) is 0 Å². The van der Waals surface area contributed by atoms with Crippen LogP contribution in [0.2, 0.25) is 0 Å². The molecule has 82 heavy (non-hydrogen) atoms. The lowest BCUT2D eigenvalue weighted by molar-refractivity contribution is 0.0866. The monoisotopic (exact) mass is 1270 g/mol. The van der Waals surface area contributed by atoms with Crippen LogP contribution >= 0.6 is 90.7 Å². The topological polar surface area (TPSA) is 27.7 Å². The van der Waals surface area contributed by atoms with Gasteiger partial charge in [-0.3, -0.25) is 0 Å². The molecule has 0 aromatic carbocycles. The first kappa shape index (κ1) is 65.7. The molecular formula is C70H96O3S8Si. The van der Waals surface area contributed by atoms with Crippen molar-refractivity contribution in [3.8, 4) is 68.3 Å². The van der Waals surface area contributed by atoms with Gasteiger partial charge in [0, 0.05) is 88.1 Å². The fraction of sp³-hybridized carbons (Fsp3) is 0.543. The van der Waals surface area contributed by atoms with Gasteiger partial charge in [0.1, 0.15) is 0 Å². The summed E-state index contributed by atoms with van der Waals surface area (Å²) in [6, 6.07) is 29.2. The number of aryl methyl sites for hydroxylation is 4. The van der Waals surface area contributed by atoms with E-state index < -0.39 is 8.80 Å². The molecule has 12 heteroatoms. The van der Waals surface area contributed by atoms with Crippen molar-refractivity contribution in [2.24, 2.45) is 0 Å². The quantitative estimate of drug-likeness (QED) is 0.0282. The maximum Gasteiger partial charge on any atom is 0.547 e. The minimum absolute atomic E-state index is 0.571. The van der Waals surface area contributed by atoms with Crippen molar-refractivity contribution in [2.45, 2.75) is 228 Å². The molecule has 0 N–H and O–H groups in total. The van der Waals surface area contributed by atoms with E-state index in [0.717, 1.165) is 23.8 Å². The highest BCUT2D eigenvalue weighted by Gasteiger charge is 2.45. The molecule has 8 rings (SSSR count). The predicted octanol–water partition coefficient (Wildman–Crippen LogP) is 25.7. The summed E-state index contributed by atoms with van der Waals surface area (Å²) in [6.45, 7) is 17.1. The average molecular weight is 1270 g/mol. The lowest BCUT2D eigenvalue weighted by Crippen LogP contribution is -2.55. The van der Waals surface area contributed by atoms with E-state index in [1.54, 1.807) is 5.56 Å². The Labute approximate surface area is 529 Å². The van der Waals surface area contributed by atoms with Crippen molar-refractivity contribution >= 4 is 104 Å². The number of unbranched alkanes of at least 4 members (excludes halogenated alkanes) is 20. The fourth-order valence-electron chi connectivity index (χ4n) is 11.3. The summed E-state index contributed by atoms with van der Waals surface area (Å²) in [4.78, 5) is 19.8. The van der Waals surface area contributed by atoms with E-state index in [2.05, 4.69) is 138 Å². The van der Waals surface area contributed by atoms with Crippen LogP contribution in [-0.4, -0.2) is 28.6 Å². The largest absolute Gasteiger partial charge is 0.547 e. The molecule has 0 unspecified atom stereocenters. The van der Waals surface area contributed by atoms with Crippen LogP contribution in [0.3, 0.4) is 0 Å². The minimum Gasteiger partial charge on any atom is -0.370 e. The first-order valence-corrected chi connectivity index (χ1v) is 40.5. The average Bonchev–Trinajstić information content (AvgIpc) is 4.36. The van der Waals surface area contributed by atoms with Gasteiger partial charge in [-0.25, -0.2) is 0 Å². The van der Waals surface area contributed by atoms with Gasteiger partial charge in [0.2, 0.25) is 0 Å². The van der Waals surface area contributed by atoms with Crippen molar-refractivity contribution in [3.05, 3.63) is 100 Å².